The molecule has 0 bridgehead atoms. The van der Waals surface area contributed by atoms with Gasteiger partial charge in [-0.3, -0.25) is 9.69 Å². The fourth-order valence-corrected chi connectivity index (χ4v) is 4.21. The monoisotopic (exact) mass is 476 g/mol. The maximum absolute atomic E-state index is 12.4. The molecule has 0 aliphatic carbocycles. The number of amides is 1. The zero-order valence-electron chi connectivity index (χ0n) is 18.9. The normalized spacial score (nSPS) is 10.6. The first kappa shape index (κ1) is 23.3. The van der Waals surface area contributed by atoms with Gasteiger partial charge in [0, 0.05) is 12.3 Å². The second kappa shape index (κ2) is 10.8. The van der Waals surface area contributed by atoms with Crippen LogP contribution in [0.25, 0.3) is 0 Å². The van der Waals surface area contributed by atoms with Crippen molar-refractivity contribution in [3.63, 3.8) is 0 Å². The molecule has 2 heterocycles. The van der Waals surface area contributed by atoms with Crippen molar-refractivity contribution < 1.29 is 23.5 Å². The summed E-state index contributed by atoms with van der Waals surface area (Å²) in [6.45, 7) is 3.71. The van der Waals surface area contributed by atoms with Crippen LogP contribution in [0.4, 0.5) is 10.8 Å². The summed E-state index contributed by atoms with van der Waals surface area (Å²) in [6.07, 6.45) is 0.789. The number of furan rings is 1. The van der Waals surface area contributed by atoms with Crippen molar-refractivity contribution in [1.29, 1.82) is 0 Å². The van der Waals surface area contributed by atoms with E-state index in [1.54, 1.807) is 22.4 Å². The van der Waals surface area contributed by atoms with Gasteiger partial charge in [-0.15, -0.1) is 11.3 Å². The lowest BCUT2D eigenvalue weighted by atomic mass is 10.1. The van der Waals surface area contributed by atoms with Crippen LogP contribution in [0.1, 0.15) is 41.4 Å². The number of aromatic nitrogens is 1. The maximum Gasteiger partial charge on any atom is 0.374 e. The minimum absolute atomic E-state index is 0.0347. The summed E-state index contributed by atoms with van der Waals surface area (Å²) >= 11 is 1.32. The lowest BCUT2D eigenvalue weighted by Gasteiger charge is -2.20. The van der Waals surface area contributed by atoms with Crippen LogP contribution >= 0.6 is 11.3 Å². The zero-order chi connectivity index (χ0) is 23.9. The van der Waals surface area contributed by atoms with Crippen molar-refractivity contribution in [2.45, 2.75) is 33.5 Å². The molecule has 0 saturated carbocycles. The van der Waals surface area contributed by atoms with Gasteiger partial charge in [0.15, 0.2) is 5.13 Å². The predicted molar refractivity (Wildman–Crippen MR) is 129 cm³/mol. The third-order valence-electron chi connectivity index (χ3n) is 5.00. The van der Waals surface area contributed by atoms with Gasteiger partial charge in [-0.2, -0.15) is 0 Å². The Labute approximate surface area is 201 Å². The molecule has 7 nitrogen and oxygen atoms in total. The van der Waals surface area contributed by atoms with E-state index in [2.05, 4.69) is 4.98 Å². The summed E-state index contributed by atoms with van der Waals surface area (Å²) < 4.78 is 16.5. The van der Waals surface area contributed by atoms with E-state index in [1.165, 1.54) is 18.3 Å². The van der Waals surface area contributed by atoms with E-state index >= 15 is 0 Å². The van der Waals surface area contributed by atoms with Crippen LogP contribution in [0.2, 0.25) is 0 Å². The first-order valence-electron chi connectivity index (χ1n) is 10.8. The van der Waals surface area contributed by atoms with Gasteiger partial charge in [-0.25, -0.2) is 9.78 Å². The van der Waals surface area contributed by atoms with Crippen molar-refractivity contribution in [3.8, 4) is 5.75 Å². The topological polar surface area (TPSA) is 81.9 Å². The predicted octanol–water partition coefficient (Wildman–Crippen LogP) is 5.92. The molecule has 1 amide bonds. The molecule has 4 rings (SSSR count). The minimum Gasteiger partial charge on any atom is -0.486 e. The van der Waals surface area contributed by atoms with Crippen molar-refractivity contribution in [3.05, 3.63) is 94.9 Å². The fraction of sp³-hybridized carbons (Fsp3) is 0.192. The number of hydrogen-bond acceptors (Lipinski definition) is 7. The Hall–Kier alpha value is -3.91. The number of benzene rings is 2. The lowest BCUT2D eigenvalue weighted by Crippen LogP contribution is -2.23. The number of carbonyl (C=O) groups is 2. The van der Waals surface area contributed by atoms with Gasteiger partial charge in [0.05, 0.1) is 11.4 Å². The Balaban J connectivity index is 1.37. The summed E-state index contributed by atoms with van der Waals surface area (Å²) in [5.74, 6) is 0.575. The molecule has 2 aromatic heterocycles. The smallest absolute Gasteiger partial charge is 0.374 e. The van der Waals surface area contributed by atoms with E-state index in [0.717, 1.165) is 17.7 Å². The van der Waals surface area contributed by atoms with E-state index in [4.69, 9.17) is 13.9 Å². The van der Waals surface area contributed by atoms with Crippen molar-refractivity contribution in [2.75, 3.05) is 4.90 Å². The third kappa shape index (κ3) is 5.52. The Bertz CT molecular complexity index is 1260. The number of aryl methyl sites for hydroxylation is 1. The number of anilines is 2. The van der Waals surface area contributed by atoms with Gasteiger partial charge in [0.1, 0.15) is 24.7 Å². The van der Waals surface area contributed by atoms with E-state index < -0.39 is 5.97 Å². The van der Waals surface area contributed by atoms with Gasteiger partial charge in [0.2, 0.25) is 11.7 Å². The Kier molecular flexibility index (Phi) is 7.39. The molecule has 8 heteroatoms. The molecular weight excluding hydrogens is 452 g/mol. The molecule has 0 radical (unpaired) electrons. The van der Waals surface area contributed by atoms with Crippen LogP contribution in [0.5, 0.6) is 5.75 Å². The number of hydrogen-bond donors (Lipinski definition) is 0. The summed E-state index contributed by atoms with van der Waals surface area (Å²) in [6, 6.07) is 20.3. The zero-order valence-corrected chi connectivity index (χ0v) is 19.7. The molecule has 174 valence electrons. The van der Waals surface area contributed by atoms with Gasteiger partial charge in [-0.05, 0) is 42.3 Å². The molecule has 0 saturated heterocycles. The summed E-state index contributed by atoms with van der Waals surface area (Å²) in [5.41, 5.74) is 2.40. The van der Waals surface area contributed by atoms with Gasteiger partial charge in [-0.1, -0.05) is 43.3 Å². The summed E-state index contributed by atoms with van der Waals surface area (Å²) in [5, 5.41) is 2.30. The van der Waals surface area contributed by atoms with Crippen LogP contribution in [-0.2, 0) is 29.2 Å². The maximum atomic E-state index is 12.4. The molecule has 0 fully saturated rings. The molecule has 0 aliphatic rings. The van der Waals surface area contributed by atoms with Crippen molar-refractivity contribution in [1.82, 2.24) is 4.98 Å². The molecule has 4 aromatic rings. The number of para-hydroxylation sites is 2. The number of thiazole rings is 1. The Morgan fingerprint density at radius 3 is 2.53 bits per heavy atom. The number of ether oxygens (including phenoxy) is 2. The highest BCUT2D eigenvalue weighted by molar-refractivity contribution is 7.14. The van der Waals surface area contributed by atoms with Crippen LogP contribution in [-0.4, -0.2) is 16.9 Å². The van der Waals surface area contributed by atoms with Gasteiger partial charge < -0.3 is 13.9 Å². The van der Waals surface area contributed by atoms with Gasteiger partial charge >= 0.3 is 5.97 Å². The highest BCUT2D eigenvalue weighted by Crippen LogP contribution is 2.32. The standard InChI is InChI=1S/C26H24N2O5S/c1-3-19-9-7-8-12-23(19)28(18(2)29)26-27-20(17-34-26)15-32-25(30)24-14-13-22(33-24)16-31-21-10-5-4-6-11-21/h4-14,17H,3,15-16H2,1-2H3. The highest BCUT2D eigenvalue weighted by atomic mass is 32.1. The Morgan fingerprint density at radius 1 is 1.00 bits per heavy atom. The van der Waals surface area contributed by atoms with Crippen LogP contribution < -0.4 is 9.64 Å². The second-order valence-electron chi connectivity index (χ2n) is 7.40. The number of esters is 1. The molecule has 0 aliphatic heterocycles. The summed E-state index contributed by atoms with van der Waals surface area (Å²) in [4.78, 5) is 30.9. The third-order valence-corrected chi connectivity index (χ3v) is 5.87. The van der Waals surface area contributed by atoms with Gasteiger partial charge in [0.25, 0.3) is 0 Å². The van der Waals surface area contributed by atoms with E-state index in [0.29, 0.717) is 22.3 Å². The first-order valence-corrected chi connectivity index (χ1v) is 11.7. The quantitative estimate of drug-likeness (QED) is 0.279. The molecule has 2 aromatic carbocycles. The second-order valence-corrected chi connectivity index (χ2v) is 8.24. The van der Waals surface area contributed by atoms with Crippen LogP contribution in [0.15, 0.2) is 76.5 Å². The molecule has 0 atom stereocenters. The highest BCUT2D eigenvalue weighted by Gasteiger charge is 2.21. The van der Waals surface area contributed by atoms with Crippen LogP contribution in [0.3, 0.4) is 0 Å². The van der Waals surface area contributed by atoms with Crippen molar-refractivity contribution >= 4 is 34.0 Å². The number of carbonyl (C=O) groups excluding carboxylic acids is 2. The number of nitrogens with zero attached hydrogens (tertiary/aromatic N) is 2. The summed E-state index contributed by atoms with van der Waals surface area (Å²) in [7, 11) is 0. The molecule has 0 spiro atoms. The largest absolute Gasteiger partial charge is 0.486 e. The fourth-order valence-electron chi connectivity index (χ4n) is 3.35. The molecule has 0 unspecified atom stereocenters. The lowest BCUT2D eigenvalue weighted by molar-refractivity contribution is -0.115. The average molecular weight is 477 g/mol. The molecule has 0 N–H and O–H groups in total. The van der Waals surface area contributed by atoms with E-state index in [-0.39, 0.29) is 24.9 Å². The number of rotatable bonds is 9. The average Bonchev–Trinajstić information content (AvgIpc) is 3.52. The van der Waals surface area contributed by atoms with Crippen molar-refractivity contribution in [2.24, 2.45) is 0 Å². The molecule has 34 heavy (non-hydrogen) atoms. The Morgan fingerprint density at radius 2 is 1.76 bits per heavy atom. The molecular formula is C26H24N2O5S. The van der Waals surface area contributed by atoms with E-state index in [9.17, 15) is 9.59 Å². The van der Waals surface area contributed by atoms with Crippen LogP contribution in [0, 0.1) is 0 Å². The SMILES string of the molecule is CCc1ccccc1N(C(C)=O)c1nc(COC(=O)c2ccc(COc3ccccc3)o2)cs1. The van der Waals surface area contributed by atoms with E-state index in [1.807, 2.05) is 61.5 Å². The minimum atomic E-state index is -0.597. The first-order chi connectivity index (χ1) is 16.5.